The van der Waals surface area contributed by atoms with Gasteiger partial charge in [-0.15, -0.1) is 0 Å². The zero-order valence-electron chi connectivity index (χ0n) is 29.7. The lowest BCUT2D eigenvalue weighted by atomic mass is 9.82. The maximum Gasteiger partial charge on any atom is 0.0624 e. The number of hydrogen-bond donors (Lipinski definition) is 0. The lowest BCUT2D eigenvalue weighted by Crippen LogP contribution is -2.14. The molecule has 9 rings (SSSR count). The van der Waals surface area contributed by atoms with Crippen LogP contribution in [0.25, 0.3) is 60.5 Å². The predicted molar refractivity (Wildman–Crippen MR) is 222 cm³/mol. The second kappa shape index (κ2) is 12.3. The van der Waals surface area contributed by atoms with E-state index >= 15 is 0 Å². The molecule has 0 atom stereocenters. The third-order valence-corrected chi connectivity index (χ3v) is 10.7. The monoisotopic (exact) mass is 666 g/mol. The molecule has 52 heavy (non-hydrogen) atoms. The summed E-state index contributed by atoms with van der Waals surface area (Å²) in [4.78, 5) is 2.35. The summed E-state index contributed by atoms with van der Waals surface area (Å²) in [6, 6.07) is 57.2. The molecule has 0 fully saturated rings. The SMILES string of the molecule is C=C(/C=C\C=C/C)n1c2ccccc2c2ccc(N(c3ccc(-c4cccc5c4-c4ccccc4C5(C)C)cc3)c3cccc4ccc#cc34)cc21. The van der Waals surface area contributed by atoms with Crippen molar-refractivity contribution in [2.24, 2.45) is 0 Å². The molecule has 0 saturated heterocycles. The summed E-state index contributed by atoms with van der Waals surface area (Å²) in [6.45, 7) is 11.2. The van der Waals surface area contributed by atoms with E-state index in [1.54, 1.807) is 0 Å². The zero-order valence-corrected chi connectivity index (χ0v) is 29.7. The number of rotatable bonds is 7. The second-order valence-corrected chi connectivity index (χ2v) is 14.1. The summed E-state index contributed by atoms with van der Waals surface area (Å²) in [5, 5.41) is 4.53. The van der Waals surface area contributed by atoms with Crippen LogP contribution >= 0.6 is 0 Å². The number of anilines is 3. The van der Waals surface area contributed by atoms with Gasteiger partial charge in [0.25, 0.3) is 0 Å². The van der Waals surface area contributed by atoms with Gasteiger partial charge in [-0.05, 0) is 100 Å². The summed E-state index contributed by atoms with van der Waals surface area (Å²) in [5.74, 6) is 0. The third kappa shape index (κ3) is 4.89. The number of para-hydroxylation sites is 1. The van der Waals surface area contributed by atoms with E-state index in [-0.39, 0.29) is 5.41 Å². The van der Waals surface area contributed by atoms with Crippen LogP contribution in [0.1, 0.15) is 31.9 Å². The number of allylic oxidation sites excluding steroid dienone is 5. The molecule has 248 valence electrons. The average molecular weight is 667 g/mol. The van der Waals surface area contributed by atoms with Crippen LogP contribution in [0.3, 0.4) is 0 Å². The van der Waals surface area contributed by atoms with E-state index < -0.39 is 0 Å². The number of fused-ring (bicyclic) bond motifs is 7. The molecule has 0 spiro atoms. The Labute approximate surface area is 305 Å². The Morgan fingerprint density at radius 2 is 1.42 bits per heavy atom. The fourth-order valence-corrected chi connectivity index (χ4v) is 8.24. The fourth-order valence-electron chi connectivity index (χ4n) is 8.24. The van der Waals surface area contributed by atoms with Gasteiger partial charge >= 0.3 is 0 Å². The van der Waals surface area contributed by atoms with Gasteiger partial charge in [-0.1, -0.05) is 142 Å². The van der Waals surface area contributed by atoms with Crippen molar-refractivity contribution >= 4 is 55.3 Å². The summed E-state index contributed by atoms with van der Waals surface area (Å²) in [7, 11) is 0. The van der Waals surface area contributed by atoms with E-state index in [0.717, 1.165) is 44.6 Å². The topological polar surface area (TPSA) is 8.17 Å². The van der Waals surface area contributed by atoms with Gasteiger partial charge in [0.1, 0.15) is 0 Å². The third-order valence-electron chi connectivity index (χ3n) is 10.7. The highest BCUT2D eigenvalue weighted by Crippen LogP contribution is 2.52. The van der Waals surface area contributed by atoms with Gasteiger partial charge in [0, 0.05) is 33.3 Å². The Kier molecular flexibility index (Phi) is 7.46. The molecule has 0 amide bonds. The normalized spacial score (nSPS) is 13.2. The first-order valence-electron chi connectivity index (χ1n) is 17.9. The lowest BCUT2D eigenvalue weighted by molar-refractivity contribution is 0.660. The van der Waals surface area contributed by atoms with Crippen molar-refractivity contribution < 1.29 is 0 Å². The minimum Gasteiger partial charge on any atom is -0.310 e. The van der Waals surface area contributed by atoms with Crippen LogP contribution in [-0.2, 0) is 5.41 Å². The van der Waals surface area contributed by atoms with E-state index in [9.17, 15) is 0 Å². The Hall–Kier alpha value is -6.56. The van der Waals surface area contributed by atoms with Crippen molar-refractivity contribution in [3.05, 3.63) is 194 Å². The van der Waals surface area contributed by atoms with Crippen molar-refractivity contribution in [1.82, 2.24) is 4.57 Å². The summed E-state index contributed by atoms with van der Waals surface area (Å²) in [6.07, 6.45) is 8.18. The predicted octanol–water partition coefficient (Wildman–Crippen LogP) is 13.6. The van der Waals surface area contributed by atoms with E-state index in [1.807, 2.05) is 31.2 Å². The molecule has 1 aliphatic carbocycles. The molecule has 1 aromatic heterocycles. The Morgan fingerprint density at radius 3 is 2.29 bits per heavy atom. The number of nitrogens with zero attached hydrogens (tertiary/aromatic N) is 2. The molecule has 7 aromatic carbocycles. The summed E-state index contributed by atoms with van der Waals surface area (Å²) in [5.41, 5.74) is 14.2. The standard InChI is InChI=1S/C50H38N2/c1-5-6-7-16-34(2)51-47-25-13-11-20-41(47)42-32-31-38(33-48(42)51)52(46-26-14-18-35-17-8-9-19-39(35)46)37-29-27-36(28-30-37)40-22-15-24-45-49(40)43-21-10-12-23-44(43)50(45,3)4/h5-8,10-18,20-33H,2H2,1,3-4H3/b6-5-,16-7-. The molecule has 1 heterocycles. The van der Waals surface area contributed by atoms with Gasteiger partial charge in [0.05, 0.1) is 22.1 Å². The molecule has 0 saturated carbocycles. The highest BCUT2D eigenvalue weighted by Gasteiger charge is 2.36. The molecule has 1 aliphatic rings. The van der Waals surface area contributed by atoms with Crippen LogP contribution in [0, 0.1) is 12.1 Å². The highest BCUT2D eigenvalue weighted by atomic mass is 15.1. The van der Waals surface area contributed by atoms with Crippen LogP contribution in [0.4, 0.5) is 17.1 Å². The Bertz CT molecular complexity index is 2730. The van der Waals surface area contributed by atoms with E-state index in [0.29, 0.717) is 0 Å². The van der Waals surface area contributed by atoms with Crippen molar-refractivity contribution in [2.45, 2.75) is 26.2 Å². The molecular formula is C50H38N2. The molecule has 8 aromatic rings. The fraction of sp³-hybridized carbons (Fsp3) is 0.0800. The van der Waals surface area contributed by atoms with Crippen LogP contribution in [-0.4, -0.2) is 4.57 Å². The Balaban J connectivity index is 1.23. The van der Waals surface area contributed by atoms with Gasteiger partial charge in [0.2, 0.25) is 0 Å². The molecule has 0 unspecified atom stereocenters. The van der Waals surface area contributed by atoms with E-state index in [2.05, 4.69) is 182 Å². The molecular weight excluding hydrogens is 629 g/mol. The molecule has 0 aliphatic heterocycles. The van der Waals surface area contributed by atoms with Crippen LogP contribution in [0.2, 0.25) is 0 Å². The van der Waals surface area contributed by atoms with Gasteiger partial charge in [0.15, 0.2) is 0 Å². The first-order valence-corrected chi connectivity index (χ1v) is 17.9. The minimum absolute atomic E-state index is 0.0462. The van der Waals surface area contributed by atoms with E-state index in [1.165, 1.54) is 44.2 Å². The zero-order chi connectivity index (χ0) is 35.4. The molecule has 2 nitrogen and oxygen atoms in total. The van der Waals surface area contributed by atoms with Gasteiger partial charge in [-0.25, -0.2) is 0 Å². The van der Waals surface area contributed by atoms with Gasteiger partial charge in [-0.2, -0.15) is 0 Å². The van der Waals surface area contributed by atoms with Gasteiger partial charge in [-0.3, -0.25) is 0 Å². The minimum atomic E-state index is -0.0462. The molecule has 0 radical (unpaired) electrons. The molecule has 0 N–H and O–H groups in total. The number of aromatic nitrogens is 1. The maximum atomic E-state index is 4.51. The maximum absolute atomic E-state index is 4.51. The van der Waals surface area contributed by atoms with Crippen LogP contribution in [0.5, 0.6) is 0 Å². The number of hydrogen-bond acceptors (Lipinski definition) is 1. The first-order chi connectivity index (χ1) is 25.5. The molecule has 2 heteroatoms. The van der Waals surface area contributed by atoms with Crippen LogP contribution in [0.15, 0.2) is 170 Å². The Morgan fingerprint density at radius 1 is 0.692 bits per heavy atom. The van der Waals surface area contributed by atoms with Gasteiger partial charge < -0.3 is 9.47 Å². The molecule has 0 bridgehead atoms. The largest absolute Gasteiger partial charge is 0.310 e. The smallest absolute Gasteiger partial charge is 0.0624 e. The lowest BCUT2D eigenvalue weighted by Gasteiger charge is -2.27. The second-order valence-electron chi connectivity index (χ2n) is 14.1. The summed E-state index contributed by atoms with van der Waals surface area (Å²) < 4.78 is 2.27. The first kappa shape index (κ1) is 31.4. The average Bonchev–Trinajstić information content (AvgIpc) is 3.64. The van der Waals surface area contributed by atoms with Crippen molar-refractivity contribution in [1.29, 1.82) is 0 Å². The van der Waals surface area contributed by atoms with Crippen LogP contribution < -0.4 is 4.90 Å². The van der Waals surface area contributed by atoms with E-state index in [4.69, 9.17) is 0 Å². The van der Waals surface area contributed by atoms with Crippen molar-refractivity contribution in [3.8, 4) is 22.3 Å². The summed E-state index contributed by atoms with van der Waals surface area (Å²) >= 11 is 0. The highest BCUT2D eigenvalue weighted by molar-refractivity contribution is 6.12. The van der Waals surface area contributed by atoms with Crippen molar-refractivity contribution in [2.75, 3.05) is 4.90 Å². The number of benzene rings is 6. The quantitative estimate of drug-likeness (QED) is 0.154. The van der Waals surface area contributed by atoms with Crippen molar-refractivity contribution in [3.63, 3.8) is 0 Å².